The lowest BCUT2D eigenvalue weighted by Crippen LogP contribution is -2.50. The van der Waals surface area contributed by atoms with Crippen molar-refractivity contribution in [2.24, 2.45) is 0 Å². The van der Waals surface area contributed by atoms with Crippen LogP contribution in [0.2, 0.25) is 0 Å². The third-order valence-electron chi connectivity index (χ3n) is 12.0. The van der Waals surface area contributed by atoms with E-state index in [-0.39, 0.29) is 29.8 Å². The smallest absolute Gasteiger partial charge is 0.123 e. The van der Waals surface area contributed by atoms with Crippen LogP contribution in [0.3, 0.4) is 0 Å². The monoisotopic (exact) mass is 744 g/mol. The molecule has 2 fully saturated rings. The zero-order valence-corrected chi connectivity index (χ0v) is 31.1. The molecule has 286 valence electrons. The number of aliphatic hydroxyl groups excluding tert-OH is 3. The molecule has 0 aromatic heterocycles. The van der Waals surface area contributed by atoms with Crippen molar-refractivity contribution in [2.75, 3.05) is 9.80 Å². The van der Waals surface area contributed by atoms with Crippen LogP contribution in [0.4, 0.5) is 31.5 Å². The highest BCUT2D eigenvalue weighted by atomic mass is 19.1. The van der Waals surface area contributed by atoms with Crippen molar-refractivity contribution in [3.63, 3.8) is 0 Å². The van der Waals surface area contributed by atoms with Gasteiger partial charge in [-0.1, -0.05) is 66.7 Å². The van der Waals surface area contributed by atoms with Gasteiger partial charge in [-0.25, -0.2) is 8.78 Å². The summed E-state index contributed by atoms with van der Waals surface area (Å²) >= 11 is 0. The Bertz CT molecular complexity index is 2080. The minimum absolute atomic E-state index is 0.113. The fourth-order valence-electron chi connectivity index (χ4n) is 9.18. The molecule has 2 aliphatic heterocycles. The largest absolute Gasteiger partial charge is 0.390 e. The minimum atomic E-state index is -0.803. The summed E-state index contributed by atoms with van der Waals surface area (Å²) in [5, 5.41) is 32.2. The third-order valence-corrected chi connectivity index (χ3v) is 12.0. The molecule has 6 atom stereocenters. The Hall–Kier alpha value is -4.60. The predicted molar refractivity (Wildman–Crippen MR) is 213 cm³/mol. The van der Waals surface area contributed by atoms with E-state index in [1.54, 1.807) is 18.2 Å². The van der Waals surface area contributed by atoms with E-state index >= 15 is 0 Å². The van der Waals surface area contributed by atoms with Crippen LogP contribution in [0.5, 0.6) is 0 Å². The van der Waals surface area contributed by atoms with Crippen LogP contribution >= 0.6 is 0 Å². The summed E-state index contributed by atoms with van der Waals surface area (Å²) in [5.74, 6) is -0.443. The van der Waals surface area contributed by atoms with Gasteiger partial charge in [-0.15, -0.1) is 0 Å². The molecule has 0 spiro atoms. The van der Waals surface area contributed by atoms with Gasteiger partial charge in [0.15, 0.2) is 0 Å². The van der Waals surface area contributed by atoms with Crippen LogP contribution in [0.1, 0.15) is 66.3 Å². The fraction of sp³-hybridized carbons (Fsp3) is 0.362. The fourth-order valence-corrected chi connectivity index (χ4v) is 9.18. The van der Waals surface area contributed by atoms with Gasteiger partial charge in [-0.3, -0.25) is 0 Å². The Morgan fingerprint density at radius 3 is 1.56 bits per heavy atom. The normalized spacial score (nSPS) is 24.5. The maximum Gasteiger partial charge on any atom is 0.123 e. The average Bonchev–Trinajstić information content (AvgIpc) is 3.47. The maximum atomic E-state index is 14.0. The Balaban J connectivity index is 0.000000160. The van der Waals surface area contributed by atoms with Gasteiger partial charge in [0.05, 0.1) is 30.9 Å². The molecule has 6 nitrogen and oxygen atoms in total. The van der Waals surface area contributed by atoms with Crippen molar-refractivity contribution in [1.82, 2.24) is 0 Å². The summed E-state index contributed by atoms with van der Waals surface area (Å²) in [4.78, 5) is 4.38. The second kappa shape index (κ2) is 16.6. The van der Waals surface area contributed by atoms with Gasteiger partial charge in [0.1, 0.15) is 23.8 Å². The minimum Gasteiger partial charge on any atom is -0.390 e. The van der Waals surface area contributed by atoms with Crippen molar-refractivity contribution in [3.05, 3.63) is 155 Å². The standard InChI is InChI=1S/C27H28FNO2.C20H22FNO2/c28-22-15-16-24-21(17-22)14-13-20-9-4-5-10-23(20)29(24)25-11-6-12-26(27(25)30)31-18-19-7-2-1-3-8-19;21-15-10-11-17-14(12-15)9-8-13-4-1-2-5-16(13)22(17)18-6-3-7-19(23)20(18)24/h1-5,7-10,15-17,25-27,30H,6,11-14,18H2;1-2,4-5,10-12,18-20,23-24H,3,6-9H2/t25-,26-,27+;18-,19-,20+/m11/s1. The molecule has 0 saturated heterocycles. The van der Waals surface area contributed by atoms with Crippen LogP contribution < -0.4 is 9.80 Å². The lowest BCUT2D eigenvalue weighted by atomic mass is 9.87. The van der Waals surface area contributed by atoms with Gasteiger partial charge in [0.25, 0.3) is 0 Å². The number of para-hydroxylation sites is 2. The van der Waals surface area contributed by atoms with E-state index < -0.39 is 18.3 Å². The Labute approximate surface area is 322 Å². The molecule has 55 heavy (non-hydrogen) atoms. The van der Waals surface area contributed by atoms with Crippen LogP contribution in [0.25, 0.3) is 0 Å². The summed E-state index contributed by atoms with van der Waals surface area (Å²) in [7, 11) is 0. The average molecular weight is 745 g/mol. The van der Waals surface area contributed by atoms with Crippen molar-refractivity contribution in [1.29, 1.82) is 0 Å². The maximum absolute atomic E-state index is 14.0. The molecule has 2 saturated carbocycles. The molecule has 9 rings (SSSR count). The molecule has 0 radical (unpaired) electrons. The van der Waals surface area contributed by atoms with E-state index in [4.69, 9.17) is 4.74 Å². The van der Waals surface area contributed by atoms with Crippen LogP contribution in [-0.2, 0) is 37.0 Å². The summed E-state index contributed by atoms with van der Waals surface area (Å²) in [5.41, 5.74) is 9.60. The number of aliphatic hydroxyl groups is 3. The first-order chi connectivity index (χ1) is 26.9. The van der Waals surface area contributed by atoms with Crippen molar-refractivity contribution < 1.29 is 28.8 Å². The molecule has 4 aliphatic rings. The number of nitrogens with zero attached hydrogens (tertiary/aromatic N) is 2. The van der Waals surface area contributed by atoms with E-state index in [2.05, 4.69) is 40.1 Å². The van der Waals surface area contributed by atoms with Crippen LogP contribution in [0, 0.1) is 11.6 Å². The molecule has 3 N–H and O–H groups in total. The summed E-state index contributed by atoms with van der Waals surface area (Å²) in [6, 6.07) is 36.2. The highest BCUT2D eigenvalue weighted by molar-refractivity contribution is 5.73. The molecule has 2 aliphatic carbocycles. The molecule has 5 aromatic rings. The van der Waals surface area contributed by atoms with E-state index in [0.29, 0.717) is 13.0 Å². The van der Waals surface area contributed by atoms with E-state index in [0.717, 1.165) is 97.2 Å². The first-order valence-corrected chi connectivity index (χ1v) is 19.9. The number of hydrogen-bond donors (Lipinski definition) is 3. The number of fused-ring (bicyclic) bond motifs is 4. The number of aryl methyl sites for hydroxylation is 4. The quantitative estimate of drug-likeness (QED) is 0.167. The van der Waals surface area contributed by atoms with Crippen molar-refractivity contribution >= 4 is 22.7 Å². The highest BCUT2D eigenvalue weighted by Crippen LogP contribution is 2.43. The number of anilines is 4. The van der Waals surface area contributed by atoms with Gasteiger partial charge in [0, 0.05) is 22.7 Å². The van der Waals surface area contributed by atoms with E-state index in [1.807, 2.05) is 54.6 Å². The van der Waals surface area contributed by atoms with Crippen molar-refractivity contribution in [2.45, 2.75) is 107 Å². The van der Waals surface area contributed by atoms with Gasteiger partial charge < -0.3 is 29.9 Å². The summed E-state index contributed by atoms with van der Waals surface area (Å²) in [6.45, 7) is 0.494. The predicted octanol–water partition coefficient (Wildman–Crippen LogP) is 8.90. The molecule has 2 heterocycles. The number of halogens is 2. The zero-order chi connectivity index (χ0) is 37.9. The van der Waals surface area contributed by atoms with Gasteiger partial charge in [0.2, 0.25) is 0 Å². The molecule has 0 unspecified atom stereocenters. The Morgan fingerprint density at radius 1 is 0.509 bits per heavy atom. The third kappa shape index (κ3) is 7.92. The van der Waals surface area contributed by atoms with E-state index in [9.17, 15) is 24.1 Å². The molecule has 8 heteroatoms. The lowest BCUT2D eigenvalue weighted by Gasteiger charge is -2.43. The molecular formula is C47H50F2N2O4. The summed E-state index contributed by atoms with van der Waals surface area (Å²) < 4.78 is 34.0. The van der Waals surface area contributed by atoms with Gasteiger partial charge in [-0.2, -0.15) is 0 Å². The van der Waals surface area contributed by atoms with Crippen LogP contribution in [0.15, 0.2) is 115 Å². The lowest BCUT2D eigenvalue weighted by molar-refractivity contribution is -0.0739. The molecule has 0 bridgehead atoms. The number of rotatable bonds is 5. The number of hydrogen-bond acceptors (Lipinski definition) is 6. The SMILES string of the molecule is O[C@@H]1[C@H](O)CCC[C@H]1N1c2ccccc2CCc2cc(F)ccc21.O[C@H]1[C@H](N2c3ccccc3CCc3cc(F)ccc32)CCC[C@H]1OCc1ccccc1. The number of ether oxygens (including phenoxy) is 1. The van der Waals surface area contributed by atoms with Gasteiger partial charge in [-0.05, 0) is 141 Å². The first-order valence-electron chi connectivity index (χ1n) is 19.9. The molecule has 5 aromatic carbocycles. The topological polar surface area (TPSA) is 76.4 Å². The Morgan fingerprint density at radius 2 is 0.982 bits per heavy atom. The second-order valence-corrected chi connectivity index (χ2v) is 15.4. The Kier molecular flexibility index (Phi) is 11.3. The molecular weight excluding hydrogens is 695 g/mol. The second-order valence-electron chi connectivity index (χ2n) is 15.4. The first kappa shape index (κ1) is 37.3. The molecule has 0 amide bonds. The van der Waals surface area contributed by atoms with Gasteiger partial charge >= 0.3 is 0 Å². The van der Waals surface area contributed by atoms with Crippen molar-refractivity contribution in [3.8, 4) is 0 Å². The zero-order valence-electron chi connectivity index (χ0n) is 31.1. The number of benzene rings is 5. The van der Waals surface area contributed by atoms with E-state index in [1.165, 1.54) is 23.3 Å². The summed E-state index contributed by atoms with van der Waals surface area (Å²) in [6.07, 6.45) is 5.91. The highest BCUT2D eigenvalue weighted by Gasteiger charge is 2.40. The van der Waals surface area contributed by atoms with Crippen LogP contribution in [-0.4, -0.2) is 51.8 Å².